The minimum atomic E-state index is -5.01. The van der Waals surface area contributed by atoms with E-state index in [-0.39, 0.29) is 5.56 Å². The second-order valence-electron chi connectivity index (χ2n) is 2.82. The Morgan fingerprint density at radius 3 is 2.41 bits per heavy atom. The van der Waals surface area contributed by atoms with Gasteiger partial charge in [-0.15, -0.1) is 13.2 Å². The van der Waals surface area contributed by atoms with Gasteiger partial charge in [0.15, 0.2) is 0 Å². The molecule has 0 unspecified atom stereocenters. The highest BCUT2D eigenvalue weighted by Gasteiger charge is 2.34. The molecule has 0 radical (unpaired) electrons. The number of rotatable bonds is 3. The Morgan fingerprint density at radius 2 is 2.00 bits per heavy atom. The summed E-state index contributed by atoms with van der Waals surface area (Å²) in [7, 11) is 0. The molecule has 0 spiro atoms. The molecule has 0 aliphatic carbocycles. The zero-order valence-corrected chi connectivity index (χ0v) is 10.1. The van der Waals surface area contributed by atoms with Crippen LogP contribution in [0.1, 0.15) is 17.6 Å². The molecule has 0 aromatic carbocycles. The average Bonchev–Trinajstić information content (AvgIpc) is 2.18. The van der Waals surface area contributed by atoms with E-state index in [0.717, 1.165) is 6.20 Å². The van der Waals surface area contributed by atoms with Crippen molar-refractivity contribution < 1.29 is 31.8 Å². The lowest BCUT2D eigenvalue weighted by Gasteiger charge is -2.14. The molecule has 1 N–H and O–H groups in total. The number of ether oxygens (including phenoxy) is 1. The summed E-state index contributed by atoms with van der Waals surface area (Å²) in [6.45, 7) is -0.741. The van der Waals surface area contributed by atoms with Crippen LogP contribution in [0.5, 0.6) is 5.88 Å². The molecule has 17 heavy (non-hydrogen) atoms. The molecule has 0 fully saturated rings. The predicted octanol–water partition coefficient (Wildman–Crippen LogP) is 3.01. The maximum absolute atomic E-state index is 12.6. The predicted molar refractivity (Wildman–Crippen MR) is 54.5 cm³/mol. The Balaban J connectivity index is 3.23. The number of aromatic nitrogens is 1. The second kappa shape index (κ2) is 5.29. The minimum Gasteiger partial charge on any atom is -0.392 e. The summed E-state index contributed by atoms with van der Waals surface area (Å²) in [6.07, 6.45) is -7.31. The number of pyridine rings is 1. The zero-order valence-electron chi connectivity index (χ0n) is 7.93. The molecule has 0 aliphatic heterocycles. The van der Waals surface area contributed by atoms with Crippen LogP contribution in [0.25, 0.3) is 0 Å². The Hall–Kier alpha value is -0.710. The number of nitrogens with zero attached hydrogens (tertiary/aromatic N) is 1. The third-order valence-electron chi connectivity index (χ3n) is 1.71. The first kappa shape index (κ1) is 14.4. The van der Waals surface area contributed by atoms with Gasteiger partial charge in [-0.05, 0) is 22.6 Å². The topological polar surface area (TPSA) is 42.4 Å². The van der Waals surface area contributed by atoms with E-state index < -0.39 is 34.4 Å². The fourth-order valence-corrected chi connectivity index (χ4v) is 1.89. The molecule has 1 heterocycles. The van der Waals surface area contributed by atoms with Crippen LogP contribution in [-0.4, -0.2) is 16.5 Å². The molecule has 0 saturated carbocycles. The van der Waals surface area contributed by atoms with Gasteiger partial charge in [0.1, 0.15) is 0 Å². The molecule has 0 saturated heterocycles. The third-order valence-corrected chi connectivity index (χ3v) is 2.75. The molecular formula is C8H5F5INO2. The third kappa shape index (κ3) is 3.63. The van der Waals surface area contributed by atoms with Crippen LogP contribution >= 0.6 is 22.6 Å². The van der Waals surface area contributed by atoms with Gasteiger partial charge in [0, 0.05) is 17.3 Å². The van der Waals surface area contributed by atoms with Crippen molar-refractivity contribution in [2.45, 2.75) is 19.4 Å². The van der Waals surface area contributed by atoms with Crippen LogP contribution in [0.2, 0.25) is 0 Å². The molecule has 96 valence electrons. The normalized spacial score (nSPS) is 12.0. The minimum absolute atomic E-state index is 0.237. The van der Waals surface area contributed by atoms with Crippen molar-refractivity contribution in [3.63, 3.8) is 0 Å². The van der Waals surface area contributed by atoms with Crippen LogP contribution < -0.4 is 4.74 Å². The van der Waals surface area contributed by atoms with E-state index in [2.05, 4.69) is 9.72 Å². The van der Waals surface area contributed by atoms with Crippen molar-refractivity contribution in [1.29, 1.82) is 0 Å². The first-order valence-electron chi connectivity index (χ1n) is 4.08. The largest absolute Gasteiger partial charge is 0.574 e. The van der Waals surface area contributed by atoms with Gasteiger partial charge in [-0.1, -0.05) is 0 Å². The van der Waals surface area contributed by atoms with Gasteiger partial charge in [-0.2, -0.15) is 0 Å². The first-order valence-corrected chi connectivity index (χ1v) is 5.16. The summed E-state index contributed by atoms with van der Waals surface area (Å²) < 4.78 is 64.0. The maximum atomic E-state index is 12.6. The van der Waals surface area contributed by atoms with Crippen LogP contribution in [0.4, 0.5) is 22.0 Å². The Morgan fingerprint density at radius 1 is 1.41 bits per heavy atom. The molecule has 0 aliphatic rings. The summed E-state index contributed by atoms with van der Waals surface area (Å²) in [6, 6.07) is 0. The van der Waals surface area contributed by atoms with Gasteiger partial charge >= 0.3 is 6.36 Å². The van der Waals surface area contributed by atoms with E-state index >= 15 is 0 Å². The van der Waals surface area contributed by atoms with Crippen molar-refractivity contribution >= 4 is 22.6 Å². The Bertz CT molecular complexity index is 410. The van der Waals surface area contributed by atoms with E-state index in [9.17, 15) is 22.0 Å². The van der Waals surface area contributed by atoms with Crippen molar-refractivity contribution in [3.8, 4) is 5.88 Å². The average molecular weight is 369 g/mol. The molecule has 1 aromatic rings. The number of alkyl halides is 5. The van der Waals surface area contributed by atoms with Gasteiger partial charge in [0.25, 0.3) is 6.43 Å². The van der Waals surface area contributed by atoms with Gasteiger partial charge in [0.05, 0.1) is 10.2 Å². The monoisotopic (exact) mass is 369 g/mol. The van der Waals surface area contributed by atoms with Crippen LogP contribution in [0.3, 0.4) is 0 Å². The highest BCUT2D eigenvalue weighted by Crippen LogP contribution is 2.34. The van der Waals surface area contributed by atoms with E-state index in [1.165, 1.54) is 22.6 Å². The van der Waals surface area contributed by atoms with E-state index in [0.29, 0.717) is 0 Å². The van der Waals surface area contributed by atoms with Crippen LogP contribution in [-0.2, 0) is 6.61 Å². The summed E-state index contributed by atoms with van der Waals surface area (Å²) in [5.41, 5.74) is -0.943. The number of aliphatic hydroxyl groups excluding tert-OH is 1. The molecule has 9 heteroatoms. The van der Waals surface area contributed by atoms with Crippen molar-refractivity contribution in [3.05, 3.63) is 20.9 Å². The molecule has 3 nitrogen and oxygen atoms in total. The van der Waals surface area contributed by atoms with Gasteiger partial charge in [-0.3, -0.25) is 0 Å². The quantitative estimate of drug-likeness (QED) is 0.658. The highest BCUT2D eigenvalue weighted by atomic mass is 127. The fourth-order valence-electron chi connectivity index (χ4n) is 1.06. The van der Waals surface area contributed by atoms with Crippen LogP contribution in [0.15, 0.2) is 6.20 Å². The van der Waals surface area contributed by atoms with Crippen molar-refractivity contribution in [2.24, 2.45) is 0 Å². The van der Waals surface area contributed by atoms with E-state index in [1.54, 1.807) is 0 Å². The number of hydrogen-bond donors (Lipinski definition) is 1. The van der Waals surface area contributed by atoms with Crippen LogP contribution in [0, 0.1) is 3.57 Å². The van der Waals surface area contributed by atoms with E-state index in [4.69, 9.17) is 5.11 Å². The highest BCUT2D eigenvalue weighted by molar-refractivity contribution is 14.1. The van der Waals surface area contributed by atoms with Crippen molar-refractivity contribution in [2.75, 3.05) is 0 Å². The summed E-state index contributed by atoms with van der Waals surface area (Å²) in [5, 5.41) is 8.78. The molecule has 1 aromatic heterocycles. The summed E-state index contributed by atoms with van der Waals surface area (Å²) in [5.74, 6) is -0.953. The van der Waals surface area contributed by atoms with Gasteiger partial charge < -0.3 is 9.84 Å². The molecule has 0 atom stereocenters. The Labute approximate surface area is 106 Å². The number of aliphatic hydroxyl groups is 1. The smallest absolute Gasteiger partial charge is 0.392 e. The van der Waals surface area contributed by atoms with Gasteiger partial charge in [0.2, 0.25) is 5.88 Å². The molecule has 0 bridgehead atoms. The number of hydrogen-bond acceptors (Lipinski definition) is 3. The molecular weight excluding hydrogens is 364 g/mol. The summed E-state index contributed by atoms with van der Waals surface area (Å²) >= 11 is 1.27. The SMILES string of the molecule is OCc1cnc(OC(F)(F)F)c(I)c1C(F)F. The molecule has 1 rings (SSSR count). The molecule has 0 amide bonds. The summed E-state index contributed by atoms with van der Waals surface area (Å²) in [4.78, 5) is 3.23. The standard InChI is InChI=1S/C8H5F5INO2/c9-6(10)4-3(2-16)1-15-7(5(4)14)17-8(11,12)13/h1,6,16H,2H2. The Kier molecular flexibility index (Phi) is 4.47. The second-order valence-corrected chi connectivity index (χ2v) is 3.90. The van der Waals surface area contributed by atoms with Crippen molar-refractivity contribution in [1.82, 2.24) is 4.98 Å². The first-order chi connectivity index (χ1) is 7.76. The lowest BCUT2D eigenvalue weighted by molar-refractivity contribution is -0.276. The van der Waals surface area contributed by atoms with E-state index in [1.807, 2.05) is 0 Å². The fraction of sp³-hybridized carbons (Fsp3) is 0.375. The zero-order chi connectivity index (χ0) is 13.2. The number of halogens is 6. The maximum Gasteiger partial charge on any atom is 0.574 e. The lowest BCUT2D eigenvalue weighted by atomic mass is 10.1. The van der Waals surface area contributed by atoms with Gasteiger partial charge in [-0.25, -0.2) is 13.8 Å². The lowest BCUT2D eigenvalue weighted by Crippen LogP contribution is -2.19.